The van der Waals surface area contributed by atoms with Gasteiger partial charge < -0.3 is 18.7 Å². The minimum absolute atomic E-state index is 0.0834. The van der Waals surface area contributed by atoms with Crippen LogP contribution >= 0.6 is 0 Å². The maximum absolute atomic E-state index is 11.1. The second-order valence-electron chi connectivity index (χ2n) is 4.25. The molecule has 2 aromatic rings. The SMILES string of the molecule is COCc1nc(-c2c(C)oc(C)c2C)oc1C(=O)O. The van der Waals surface area contributed by atoms with E-state index in [9.17, 15) is 4.79 Å². The highest BCUT2D eigenvalue weighted by Crippen LogP contribution is 2.32. The standard InChI is InChI=1S/C13H15NO5/c1-6-7(2)18-8(3)10(6)12-14-9(5-17-4)11(19-12)13(15)16/h5H2,1-4H3,(H,15,16). The van der Waals surface area contributed by atoms with Gasteiger partial charge in [-0.1, -0.05) is 0 Å². The molecule has 0 saturated carbocycles. The predicted octanol–water partition coefficient (Wildman–Crippen LogP) is 2.70. The van der Waals surface area contributed by atoms with Gasteiger partial charge >= 0.3 is 5.97 Å². The molecule has 0 aromatic carbocycles. The molecule has 0 saturated heterocycles. The molecule has 1 N–H and O–H groups in total. The Kier molecular flexibility index (Phi) is 3.44. The molecule has 6 heteroatoms. The number of carboxylic acids is 1. The Balaban J connectivity index is 2.57. The summed E-state index contributed by atoms with van der Waals surface area (Å²) in [6, 6.07) is 0. The van der Waals surface area contributed by atoms with E-state index in [0.717, 1.165) is 11.3 Å². The van der Waals surface area contributed by atoms with Crippen LogP contribution < -0.4 is 0 Å². The number of hydrogen-bond donors (Lipinski definition) is 1. The van der Waals surface area contributed by atoms with Crippen molar-refractivity contribution in [1.82, 2.24) is 4.98 Å². The van der Waals surface area contributed by atoms with Crippen molar-refractivity contribution in [3.8, 4) is 11.5 Å². The van der Waals surface area contributed by atoms with E-state index in [0.29, 0.717) is 11.3 Å². The molecule has 19 heavy (non-hydrogen) atoms. The summed E-state index contributed by atoms with van der Waals surface area (Å²) in [4.78, 5) is 15.3. The van der Waals surface area contributed by atoms with Crippen molar-refractivity contribution >= 4 is 5.97 Å². The number of oxazole rings is 1. The molecule has 2 heterocycles. The third-order valence-corrected chi connectivity index (χ3v) is 2.95. The first-order chi connectivity index (χ1) is 8.95. The van der Waals surface area contributed by atoms with E-state index >= 15 is 0 Å². The second kappa shape index (κ2) is 4.89. The monoisotopic (exact) mass is 265 g/mol. The Bertz CT molecular complexity index is 623. The molecule has 2 aromatic heterocycles. The molecule has 0 aliphatic carbocycles. The molecule has 0 fully saturated rings. The van der Waals surface area contributed by atoms with Crippen LogP contribution in [0.15, 0.2) is 8.83 Å². The van der Waals surface area contributed by atoms with Crippen molar-refractivity contribution in [3.63, 3.8) is 0 Å². The molecule has 2 rings (SSSR count). The van der Waals surface area contributed by atoms with Crippen LogP contribution in [0.25, 0.3) is 11.5 Å². The van der Waals surface area contributed by atoms with Crippen LogP contribution in [-0.4, -0.2) is 23.2 Å². The van der Waals surface area contributed by atoms with Crippen LogP contribution in [0, 0.1) is 20.8 Å². The molecule has 0 atom stereocenters. The van der Waals surface area contributed by atoms with E-state index < -0.39 is 5.97 Å². The van der Waals surface area contributed by atoms with Gasteiger partial charge in [-0.05, 0) is 20.8 Å². The quantitative estimate of drug-likeness (QED) is 0.914. The van der Waals surface area contributed by atoms with E-state index in [1.165, 1.54) is 7.11 Å². The third-order valence-electron chi connectivity index (χ3n) is 2.95. The lowest BCUT2D eigenvalue weighted by molar-refractivity contribution is 0.0656. The van der Waals surface area contributed by atoms with Crippen LogP contribution in [0.2, 0.25) is 0 Å². The van der Waals surface area contributed by atoms with Gasteiger partial charge in [0.15, 0.2) is 0 Å². The summed E-state index contributed by atoms with van der Waals surface area (Å²) in [5, 5.41) is 9.08. The van der Waals surface area contributed by atoms with Gasteiger partial charge in [-0.3, -0.25) is 0 Å². The fourth-order valence-electron chi connectivity index (χ4n) is 1.97. The molecule has 0 unspecified atom stereocenters. The van der Waals surface area contributed by atoms with Gasteiger partial charge in [-0.15, -0.1) is 0 Å². The van der Waals surface area contributed by atoms with E-state index in [-0.39, 0.29) is 24.0 Å². The minimum atomic E-state index is -1.17. The van der Waals surface area contributed by atoms with E-state index in [4.69, 9.17) is 18.7 Å². The zero-order valence-electron chi connectivity index (χ0n) is 11.2. The third kappa shape index (κ3) is 2.26. The van der Waals surface area contributed by atoms with E-state index in [1.54, 1.807) is 6.92 Å². The normalized spacial score (nSPS) is 10.9. The second-order valence-corrected chi connectivity index (χ2v) is 4.25. The summed E-state index contributed by atoms with van der Waals surface area (Å²) in [7, 11) is 1.47. The molecule has 0 aliphatic rings. The molecule has 0 amide bonds. The first kappa shape index (κ1) is 13.4. The predicted molar refractivity (Wildman–Crippen MR) is 66.1 cm³/mol. The van der Waals surface area contributed by atoms with E-state index in [2.05, 4.69) is 4.98 Å². The number of aryl methyl sites for hydroxylation is 2. The van der Waals surface area contributed by atoms with Gasteiger partial charge in [0.1, 0.15) is 17.2 Å². The number of rotatable bonds is 4. The van der Waals surface area contributed by atoms with Crippen molar-refractivity contribution in [2.45, 2.75) is 27.4 Å². The van der Waals surface area contributed by atoms with Gasteiger partial charge in [0.05, 0.1) is 12.2 Å². The van der Waals surface area contributed by atoms with Gasteiger partial charge in [0.25, 0.3) is 0 Å². The van der Waals surface area contributed by atoms with Crippen LogP contribution in [0.3, 0.4) is 0 Å². The number of aromatic carboxylic acids is 1. The van der Waals surface area contributed by atoms with Crippen molar-refractivity contribution < 1.29 is 23.5 Å². The van der Waals surface area contributed by atoms with Gasteiger partial charge in [0, 0.05) is 12.7 Å². The molecule has 102 valence electrons. The van der Waals surface area contributed by atoms with Crippen molar-refractivity contribution in [2.24, 2.45) is 0 Å². The van der Waals surface area contributed by atoms with Gasteiger partial charge in [-0.2, -0.15) is 0 Å². The Morgan fingerprint density at radius 3 is 2.42 bits per heavy atom. The summed E-state index contributed by atoms with van der Waals surface area (Å²) in [6.07, 6.45) is 0. The Morgan fingerprint density at radius 2 is 1.95 bits per heavy atom. The van der Waals surface area contributed by atoms with Gasteiger partial charge in [-0.25, -0.2) is 9.78 Å². The Hall–Kier alpha value is -2.08. The summed E-state index contributed by atoms with van der Waals surface area (Å²) in [5.41, 5.74) is 1.85. The van der Waals surface area contributed by atoms with Crippen LogP contribution in [0.4, 0.5) is 0 Å². The first-order valence-corrected chi connectivity index (χ1v) is 5.74. The van der Waals surface area contributed by atoms with Crippen molar-refractivity contribution in [1.29, 1.82) is 0 Å². The lowest BCUT2D eigenvalue weighted by Gasteiger charge is -1.93. The zero-order chi connectivity index (χ0) is 14.2. The summed E-state index contributed by atoms with van der Waals surface area (Å²) in [5.74, 6) is 0.292. The van der Waals surface area contributed by atoms with Crippen molar-refractivity contribution in [3.05, 3.63) is 28.5 Å². The molecule has 0 radical (unpaired) electrons. The number of methoxy groups -OCH3 is 1. The summed E-state index contributed by atoms with van der Waals surface area (Å²) >= 11 is 0. The highest BCUT2D eigenvalue weighted by Gasteiger charge is 2.24. The average molecular weight is 265 g/mol. The summed E-state index contributed by atoms with van der Waals surface area (Å²) in [6.45, 7) is 5.58. The highest BCUT2D eigenvalue weighted by molar-refractivity contribution is 5.86. The maximum Gasteiger partial charge on any atom is 0.373 e. The Morgan fingerprint density at radius 1 is 1.26 bits per heavy atom. The summed E-state index contributed by atoms with van der Waals surface area (Å²) < 4.78 is 15.8. The Labute approximate surface area is 110 Å². The largest absolute Gasteiger partial charge is 0.475 e. The number of carbonyl (C=O) groups is 1. The first-order valence-electron chi connectivity index (χ1n) is 5.74. The smallest absolute Gasteiger partial charge is 0.373 e. The molecular weight excluding hydrogens is 250 g/mol. The minimum Gasteiger partial charge on any atom is -0.475 e. The molecule has 0 bridgehead atoms. The topological polar surface area (TPSA) is 85.7 Å². The molecular formula is C13H15NO5. The maximum atomic E-state index is 11.1. The average Bonchev–Trinajstić information content (AvgIpc) is 2.83. The molecule has 0 aliphatic heterocycles. The molecule has 0 spiro atoms. The zero-order valence-corrected chi connectivity index (χ0v) is 11.2. The molecule has 6 nitrogen and oxygen atoms in total. The number of aromatic nitrogens is 1. The lowest BCUT2D eigenvalue weighted by atomic mass is 10.1. The number of ether oxygens (including phenoxy) is 1. The lowest BCUT2D eigenvalue weighted by Crippen LogP contribution is -2.00. The number of carboxylic acid groups (broad SMARTS) is 1. The van der Waals surface area contributed by atoms with Gasteiger partial charge in [0.2, 0.25) is 11.7 Å². The highest BCUT2D eigenvalue weighted by atomic mass is 16.5. The fraction of sp³-hybridized carbons (Fsp3) is 0.385. The van der Waals surface area contributed by atoms with Crippen molar-refractivity contribution in [2.75, 3.05) is 7.11 Å². The van der Waals surface area contributed by atoms with E-state index in [1.807, 2.05) is 13.8 Å². The number of hydrogen-bond acceptors (Lipinski definition) is 5. The van der Waals surface area contributed by atoms with Crippen LogP contribution in [0.5, 0.6) is 0 Å². The number of nitrogens with zero attached hydrogens (tertiary/aromatic N) is 1. The van der Waals surface area contributed by atoms with Crippen LogP contribution in [0.1, 0.15) is 33.3 Å². The number of furan rings is 1. The fourth-order valence-corrected chi connectivity index (χ4v) is 1.97. The van der Waals surface area contributed by atoms with Crippen LogP contribution in [-0.2, 0) is 11.3 Å².